The predicted octanol–water partition coefficient (Wildman–Crippen LogP) is 3.34. The van der Waals surface area contributed by atoms with E-state index in [4.69, 9.17) is 0 Å². The van der Waals surface area contributed by atoms with Gasteiger partial charge in [0.05, 0.1) is 0 Å². The van der Waals surface area contributed by atoms with Crippen LogP contribution in [-0.4, -0.2) is 29.8 Å². The molecule has 0 aliphatic carbocycles. The lowest BCUT2D eigenvalue weighted by Gasteiger charge is -2.20. The fourth-order valence-electron chi connectivity index (χ4n) is 2.13. The zero-order valence-corrected chi connectivity index (χ0v) is 13.3. The van der Waals surface area contributed by atoms with Gasteiger partial charge in [0.2, 0.25) is 0 Å². The molecule has 0 saturated heterocycles. The monoisotopic (exact) mass is 300 g/mol. The third kappa shape index (κ3) is 4.58. The minimum atomic E-state index is -0.639. The molecule has 4 heteroatoms. The van der Waals surface area contributed by atoms with Crippen LogP contribution in [0.5, 0.6) is 0 Å². The average molecular weight is 300 g/mol. The number of rotatable bonds is 7. The number of carbonyl (C=O) groups is 2. The maximum Gasteiger partial charge on any atom is 0.313 e. The number of nitrogens with one attached hydrogen (secondary N) is 1. The van der Waals surface area contributed by atoms with Crippen LogP contribution in [0.25, 0.3) is 0 Å². The van der Waals surface area contributed by atoms with E-state index in [0.29, 0.717) is 24.7 Å². The van der Waals surface area contributed by atoms with Crippen molar-refractivity contribution in [2.24, 2.45) is 0 Å². The van der Waals surface area contributed by atoms with Gasteiger partial charge in [0.25, 0.3) is 0 Å². The molecule has 1 unspecified atom stereocenters. The third-order valence-electron chi connectivity index (χ3n) is 3.53. The highest BCUT2D eigenvalue weighted by atomic mass is 16.2. The first-order chi connectivity index (χ1) is 10.5. The molecule has 22 heavy (non-hydrogen) atoms. The second kappa shape index (κ2) is 8.82. The van der Waals surface area contributed by atoms with E-state index >= 15 is 0 Å². The van der Waals surface area contributed by atoms with E-state index in [1.165, 1.54) is 4.90 Å². The number of anilines is 1. The maximum absolute atomic E-state index is 12.2. The Hall–Kier alpha value is -2.36. The van der Waals surface area contributed by atoms with Gasteiger partial charge in [-0.1, -0.05) is 44.2 Å². The molecular weight excluding hydrogens is 276 g/mol. The summed E-state index contributed by atoms with van der Waals surface area (Å²) in [6, 6.07) is 7.56. The van der Waals surface area contributed by atoms with Crippen LogP contribution in [-0.2, 0) is 9.59 Å². The molecule has 1 aromatic carbocycles. The minimum Gasteiger partial charge on any atom is -0.327 e. The molecule has 4 nitrogen and oxygen atoms in total. The van der Waals surface area contributed by atoms with E-state index < -0.39 is 11.8 Å². The van der Waals surface area contributed by atoms with Gasteiger partial charge in [0.1, 0.15) is 0 Å². The highest BCUT2D eigenvalue weighted by Gasteiger charge is 2.21. The Morgan fingerprint density at radius 2 is 1.82 bits per heavy atom. The lowest BCUT2D eigenvalue weighted by Crippen LogP contribution is -2.40. The summed E-state index contributed by atoms with van der Waals surface area (Å²) in [5.74, 6) is -0.915. The summed E-state index contributed by atoms with van der Waals surface area (Å²) >= 11 is 0. The summed E-state index contributed by atoms with van der Waals surface area (Å²) in [7, 11) is 0. The smallest absolute Gasteiger partial charge is 0.313 e. The number of nitrogens with zero attached hydrogens (tertiary/aromatic N) is 1. The van der Waals surface area contributed by atoms with Gasteiger partial charge in [-0.15, -0.1) is 13.2 Å². The first kappa shape index (κ1) is 17.7. The second-order valence-electron chi connectivity index (χ2n) is 5.14. The van der Waals surface area contributed by atoms with E-state index in [1.54, 1.807) is 12.2 Å². The van der Waals surface area contributed by atoms with Gasteiger partial charge < -0.3 is 10.2 Å². The molecule has 2 amide bonds. The summed E-state index contributed by atoms with van der Waals surface area (Å²) in [4.78, 5) is 25.8. The Morgan fingerprint density at radius 3 is 2.36 bits per heavy atom. The Kier molecular flexibility index (Phi) is 7.09. The number of carbonyl (C=O) groups excluding carboxylic acids is 2. The van der Waals surface area contributed by atoms with Gasteiger partial charge in [0.15, 0.2) is 0 Å². The van der Waals surface area contributed by atoms with Crippen LogP contribution in [0, 0.1) is 0 Å². The molecule has 0 bridgehead atoms. The molecule has 0 fully saturated rings. The molecule has 118 valence electrons. The van der Waals surface area contributed by atoms with Crippen LogP contribution < -0.4 is 5.32 Å². The van der Waals surface area contributed by atoms with Gasteiger partial charge in [-0.05, 0) is 24.0 Å². The molecule has 0 aliphatic rings. The quantitative estimate of drug-likeness (QED) is 0.620. The van der Waals surface area contributed by atoms with E-state index in [2.05, 4.69) is 32.3 Å². The normalized spacial score (nSPS) is 11.4. The van der Waals surface area contributed by atoms with E-state index in [-0.39, 0.29) is 0 Å². The SMILES string of the molecule is C=CCN(CC=C)C(=O)C(=O)Nc1ccccc1C(C)CC. The zero-order valence-electron chi connectivity index (χ0n) is 13.3. The van der Waals surface area contributed by atoms with Crippen molar-refractivity contribution in [2.45, 2.75) is 26.2 Å². The molecular formula is C18H24N2O2. The number of hydrogen-bond donors (Lipinski definition) is 1. The van der Waals surface area contributed by atoms with Crippen molar-refractivity contribution < 1.29 is 9.59 Å². The molecule has 0 aliphatic heterocycles. The Bertz CT molecular complexity index is 542. The van der Waals surface area contributed by atoms with Crippen LogP contribution in [0.15, 0.2) is 49.6 Å². The Morgan fingerprint density at radius 1 is 1.23 bits per heavy atom. The van der Waals surface area contributed by atoms with Crippen LogP contribution in [0.2, 0.25) is 0 Å². The molecule has 0 saturated carbocycles. The van der Waals surface area contributed by atoms with E-state index in [1.807, 2.05) is 24.3 Å². The molecule has 1 aromatic rings. The molecule has 1 N–H and O–H groups in total. The van der Waals surface area contributed by atoms with E-state index in [9.17, 15) is 9.59 Å². The molecule has 0 spiro atoms. The molecule has 0 radical (unpaired) electrons. The lowest BCUT2D eigenvalue weighted by atomic mass is 9.97. The number of benzene rings is 1. The van der Waals surface area contributed by atoms with Crippen LogP contribution >= 0.6 is 0 Å². The summed E-state index contributed by atoms with van der Waals surface area (Å²) in [5, 5.41) is 2.72. The Balaban J connectivity index is 2.90. The lowest BCUT2D eigenvalue weighted by molar-refractivity contribution is -0.142. The first-order valence-electron chi connectivity index (χ1n) is 7.46. The van der Waals surface area contributed by atoms with Gasteiger partial charge in [-0.3, -0.25) is 9.59 Å². The fourth-order valence-corrected chi connectivity index (χ4v) is 2.13. The first-order valence-corrected chi connectivity index (χ1v) is 7.46. The van der Waals surface area contributed by atoms with Crippen molar-refractivity contribution in [3.63, 3.8) is 0 Å². The van der Waals surface area contributed by atoms with Crippen molar-refractivity contribution >= 4 is 17.5 Å². The van der Waals surface area contributed by atoms with Crippen molar-refractivity contribution in [2.75, 3.05) is 18.4 Å². The minimum absolute atomic E-state index is 0.309. The van der Waals surface area contributed by atoms with Crippen LogP contribution in [0.3, 0.4) is 0 Å². The van der Waals surface area contributed by atoms with Gasteiger partial charge >= 0.3 is 11.8 Å². The highest BCUT2D eigenvalue weighted by Crippen LogP contribution is 2.26. The largest absolute Gasteiger partial charge is 0.327 e. The van der Waals surface area contributed by atoms with Crippen LogP contribution in [0.1, 0.15) is 31.7 Å². The van der Waals surface area contributed by atoms with Gasteiger partial charge in [-0.2, -0.15) is 0 Å². The highest BCUT2D eigenvalue weighted by molar-refractivity contribution is 6.39. The topological polar surface area (TPSA) is 49.4 Å². The standard InChI is InChI=1S/C18H24N2O2/c1-5-12-20(13-6-2)18(22)17(21)19-16-11-9-8-10-15(16)14(4)7-3/h5-6,8-11,14H,1-2,7,12-13H2,3-4H3,(H,19,21). The number of para-hydroxylation sites is 1. The van der Waals surface area contributed by atoms with Crippen molar-refractivity contribution in [1.82, 2.24) is 4.90 Å². The molecule has 0 heterocycles. The average Bonchev–Trinajstić information content (AvgIpc) is 2.53. The van der Waals surface area contributed by atoms with Gasteiger partial charge in [-0.25, -0.2) is 0 Å². The van der Waals surface area contributed by atoms with E-state index in [0.717, 1.165) is 12.0 Å². The number of amides is 2. The van der Waals surface area contributed by atoms with Crippen LogP contribution in [0.4, 0.5) is 5.69 Å². The number of hydrogen-bond acceptors (Lipinski definition) is 2. The van der Waals surface area contributed by atoms with Crippen molar-refractivity contribution in [3.05, 3.63) is 55.1 Å². The van der Waals surface area contributed by atoms with Crippen molar-refractivity contribution in [1.29, 1.82) is 0 Å². The fraction of sp³-hybridized carbons (Fsp3) is 0.333. The second-order valence-corrected chi connectivity index (χ2v) is 5.14. The summed E-state index contributed by atoms with van der Waals surface area (Å²) in [6.45, 7) is 12.0. The zero-order chi connectivity index (χ0) is 16.5. The predicted molar refractivity (Wildman–Crippen MR) is 90.8 cm³/mol. The van der Waals surface area contributed by atoms with Gasteiger partial charge in [0, 0.05) is 18.8 Å². The Labute approximate surface area is 132 Å². The molecule has 0 aromatic heterocycles. The maximum atomic E-state index is 12.2. The summed E-state index contributed by atoms with van der Waals surface area (Å²) in [5.41, 5.74) is 1.72. The third-order valence-corrected chi connectivity index (χ3v) is 3.53. The molecule has 1 atom stereocenters. The van der Waals surface area contributed by atoms with Crippen molar-refractivity contribution in [3.8, 4) is 0 Å². The summed E-state index contributed by atoms with van der Waals surface area (Å²) in [6.07, 6.45) is 4.13. The summed E-state index contributed by atoms with van der Waals surface area (Å²) < 4.78 is 0. The molecule has 1 rings (SSSR count).